The minimum absolute atomic E-state index is 0.386. The molecule has 0 bridgehead atoms. The van der Waals surface area contributed by atoms with Crippen LogP contribution in [0.15, 0.2) is 0 Å². The minimum Gasteiger partial charge on any atom is -0.338 e. The van der Waals surface area contributed by atoms with E-state index < -0.39 is 0 Å². The molecule has 2 N–H and O–H groups in total. The fourth-order valence-corrected chi connectivity index (χ4v) is 3.07. The van der Waals surface area contributed by atoms with Gasteiger partial charge in [0.15, 0.2) is 6.54 Å². The van der Waals surface area contributed by atoms with E-state index in [1.807, 2.05) is 0 Å². The van der Waals surface area contributed by atoms with Gasteiger partial charge in [-0.2, -0.15) is 0 Å². The van der Waals surface area contributed by atoms with Crippen molar-refractivity contribution in [2.45, 2.75) is 26.7 Å². The molecule has 0 aliphatic carbocycles. The number of piperidine rings is 1. The lowest BCUT2D eigenvalue weighted by Crippen LogP contribution is -3.28. The van der Waals surface area contributed by atoms with Crippen molar-refractivity contribution in [3.63, 3.8) is 0 Å². The summed E-state index contributed by atoms with van der Waals surface area (Å²) in [4.78, 5) is 17.5. The molecule has 0 aromatic carbocycles. The van der Waals surface area contributed by atoms with Crippen molar-refractivity contribution >= 4 is 5.91 Å². The Morgan fingerprint density at radius 3 is 2.22 bits per heavy atom. The maximum absolute atomic E-state index is 12.2. The Balaban J connectivity index is 1.71. The average molecular weight is 255 g/mol. The summed E-state index contributed by atoms with van der Waals surface area (Å²) in [5.41, 5.74) is 0. The topological polar surface area (TPSA) is 29.2 Å². The van der Waals surface area contributed by atoms with Crippen LogP contribution in [0.5, 0.6) is 0 Å². The number of nitrogens with zero attached hydrogens (tertiary/aromatic N) is 1. The van der Waals surface area contributed by atoms with Crippen LogP contribution in [0.3, 0.4) is 0 Å². The molecule has 4 heteroatoms. The van der Waals surface area contributed by atoms with Gasteiger partial charge >= 0.3 is 0 Å². The van der Waals surface area contributed by atoms with Gasteiger partial charge in [-0.1, -0.05) is 6.92 Å². The summed E-state index contributed by atoms with van der Waals surface area (Å²) in [6.45, 7) is 13.3. The molecule has 0 spiro atoms. The second-order valence-corrected chi connectivity index (χ2v) is 6.09. The Morgan fingerprint density at radius 2 is 1.67 bits per heavy atom. The number of carbonyl (C=O) groups excluding carboxylic acids is 1. The quantitative estimate of drug-likeness (QED) is 0.603. The molecule has 18 heavy (non-hydrogen) atoms. The average Bonchev–Trinajstić information content (AvgIpc) is 2.40. The van der Waals surface area contributed by atoms with E-state index in [1.165, 1.54) is 50.5 Å². The van der Waals surface area contributed by atoms with E-state index in [1.54, 1.807) is 4.90 Å². The third kappa shape index (κ3) is 3.69. The van der Waals surface area contributed by atoms with Crippen molar-refractivity contribution in [2.24, 2.45) is 5.92 Å². The number of piperazine rings is 1. The van der Waals surface area contributed by atoms with Gasteiger partial charge in [0.2, 0.25) is 0 Å². The Hall–Kier alpha value is -0.610. The van der Waals surface area contributed by atoms with Gasteiger partial charge in [-0.15, -0.1) is 0 Å². The van der Waals surface area contributed by atoms with Crippen molar-refractivity contribution in [3.05, 3.63) is 0 Å². The Kier molecular flexibility index (Phi) is 5.01. The Morgan fingerprint density at radius 1 is 1.11 bits per heavy atom. The van der Waals surface area contributed by atoms with Crippen LogP contribution in [0.4, 0.5) is 0 Å². The second kappa shape index (κ2) is 6.53. The SMILES string of the molecule is CC[NH+]1CC[NH+](CC(=O)N2CCC(C)CC2)CC1. The number of likely N-dealkylation sites (tertiary alicyclic amines) is 1. The highest BCUT2D eigenvalue weighted by Crippen LogP contribution is 2.15. The van der Waals surface area contributed by atoms with Gasteiger partial charge in [-0.25, -0.2) is 0 Å². The van der Waals surface area contributed by atoms with E-state index in [2.05, 4.69) is 18.7 Å². The first-order valence-corrected chi connectivity index (χ1v) is 7.64. The maximum Gasteiger partial charge on any atom is 0.277 e. The van der Waals surface area contributed by atoms with E-state index in [-0.39, 0.29) is 0 Å². The van der Waals surface area contributed by atoms with Crippen LogP contribution < -0.4 is 9.80 Å². The largest absolute Gasteiger partial charge is 0.338 e. The van der Waals surface area contributed by atoms with E-state index in [0.29, 0.717) is 5.91 Å². The van der Waals surface area contributed by atoms with Gasteiger partial charge in [0.1, 0.15) is 26.2 Å². The highest BCUT2D eigenvalue weighted by atomic mass is 16.2. The molecule has 104 valence electrons. The van der Waals surface area contributed by atoms with Crippen LogP contribution in [0.25, 0.3) is 0 Å². The normalized spacial score (nSPS) is 30.4. The molecule has 0 saturated carbocycles. The zero-order valence-corrected chi connectivity index (χ0v) is 12.0. The summed E-state index contributed by atoms with van der Waals surface area (Å²) in [5, 5.41) is 0. The molecule has 2 aliphatic heterocycles. The van der Waals surface area contributed by atoms with E-state index in [0.717, 1.165) is 25.6 Å². The number of hydrogen-bond acceptors (Lipinski definition) is 1. The number of hydrogen-bond donors (Lipinski definition) is 2. The molecule has 2 aliphatic rings. The molecular weight excluding hydrogens is 226 g/mol. The first-order chi connectivity index (χ1) is 8.69. The highest BCUT2D eigenvalue weighted by Gasteiger charge is 2.27. The molecule has 0 atom stereocenters. The summed E-state index contributed by atoms with van der Waals surface area (Å²) < 4.78 is 0. The summed E-state index contributed by atoms with van der Waals surface area (Å²) in [5.74, 6) is 1.19. The van der Waals surface area contributed by atoms with Gasteiger partial charge in [-0.05, 0) is 25.7 Å². The van der Waals surface area contributed by atoms with Crippen LogP contribution in [-0.4, -0.2) is 63.2 Å². The van der Waals surface area contributed by atoms with Crippen LogP contribution in [0.1, 0.15) is 26.7 Å². The number of amides is 1. The molecule has 4 nitrogen and oxygen atoms in total. The van der Waals surface area contributed by atoms with Crippen molar-refractivity contribution < 1.29 is 14.6 Å². The monoisotopic (exact) mass is 255 g/mol. The van der Waals surface area contributed by atoms with Crippen molar-refractivity contribution in [1.82, 2.24) is 4.90 Å². The van der Waals surface area contributed by atoms with E-state index in [4.69, 9.17) is 0 Å². The van der Waals surface area contributed by atoms with Gasteiger partial charge in [0.05, 0.1) is 6.54 Å². The molecule has 0 radical (unpaired) electrons. The predicted octanol–water partition coefficient (Wildman–Crippen LogP) is -1.95. The van der Waals surface area contributed by atoms with Gasteiger partial charge < -0.3 is 14.7 Å². The first-order valence-electron chi connectivity index (χ1n) is 7.64. The van der Waals surface area contributed by atoms with Crippen molar-refractivity contribution in [2.75, 3.05) is 52.4 Å². The molecular formula is C14H29N3O+2. The van der Waals surface area contributed by atoms with Crippen molar-refractivity contribution in [3.8, 4) is 0 Å². The lowest BCUT2D eigenvalue weighted by molar-refractivity contribution is -1.01. The number of quaternary nitrogens is 2. The van der Waals surface area contributed by atoms with Crippen LogP contribution in [-0.2, 0) is 4.79 Å². The number of rotatable bonds is 3. The van der Waals surface area contributed by atoms with Crippen molar-refractivity contribution in [1.29, 1.82) is 0 Å². The Labute approximate surface area is 111 Å². The molecule has 2 heterocycles. The Bertz CT molecular complexity index is 266. The third-order valence-corrected chi connectivity index (χ3v) is 4.70. The molecule has 1 amide bonds. The summed E-state index contributed by atoms with van der Waals surface area (Å²) in [7, 11) is 0. The summed E-state index contributed by atoms with van der Waals surface area (Å²) in [6.07, 6.45) is 2.38. The van der Waals surface area contributed by atoms with E-state index in [9.17, 15) is 4.79 Å². The molecule has 0 aromatic heterocycles. The lowest BCUT2D eigenvalue weighted by atomic mass is 9.99. The number of carbonyl (C=O) groups is 1. The predicted molar refractivity (Wildman–Crippen MR) is 71.8 cm³/mol. The minimum atomic E-state index is 0.386. The maximum atomic E-state index is 12.2. The van der Waals surface area contributed by atoms with Gasteiger partial charge in [0.25, 0.3) is 5.91 Å². The van der Waals surface area contributed by atoms with Crippen LogP contribution in [0.2, 0.25) is 0 Å². The zero-order chi connectivity index (χ0) is 13.0. The first kappa shape index (κ1) is 13.8. The fourth-order valence-electron chi connectivity index (χ4n) is 3.07. The fraction of sp³-hybridized carbons (Fsp3) is 0.929. The van der Waals surface area contributed by atoms with Gasteiger partial charge in [-0.3, -0.25) is 4.79 Å². The lowest BCUT2D eigenvalue weighted by Gasteiger charge is -2.33. The third-order valence-electron chi connectivity index (χ3n) is 4.70. The molecule has 2 fully saturated rings. The van der Waals surface area contributed by atoms with Gasteiger partial charge in [0, 0.05) is 13.1 Å². The summed E-state index contributed by atoms with van der Waals surface area (Å²) in [6, 6.07) is 0. The molecule has 2 rings (SSSR count). The van der Waals surface area contributed by atoms with E-state index >= 15 is 0 Å². The van der Waals surface area contributed by atoms with Crippen LogP contribution >= 0.6 is 0 Å². The second-order valence-electron chi connectivity index (χ2n) is 6.09. The smallest absolute Gasteiger partial charge is 0.277 e. The number of likely N-dealkylation sites (N-methyl/N-ethyl adjacent to an activating group) is 1. The molecule has 2 saturated heterocycles. The zero-order valence-electron chi connectivity index (χ0n) is 12.0. The highest BCUT2D eigenvalue weighted by molar-refractivity contribution is 5.77. The summed E-state index contributed by atoms with van der Waals surface area (Å²) >= 11 is 0. The van der Waals surface area contributed by atoms with Crippen LogP contribution in [0, 0.1) is 5.92 Å². The standard InChI is InChI=1S/C14H27N3O/c1-3-15-8-10-16(11-9-15)12-14(18)17-6-4-13(2)5-7-17/h13H,3-12H2,1-2H3/p+2. The molecule has 0 unspecified atom stereocenters. The number of nitrogens with one attached hydrogen (secondary N) is 2. The molecule has 0 aromatic rings.